The molecule has 0 aliphatic carbocycles. The average Bonchev–Trinajstić information content (AvgIpc) is 2.52. The van der Waals surface area contributed by atoms with Gasteiger partial charge in [-0.1, -0.05) is 13.3 Å². The van der Waals surface area contributed by atoms with E-state index in [0.29, 0.717) is 11.9 Å². The Kier molecular flexibility index (Phi) is 5.62. The summed E-state index contributed by atoms with van der Waals surface area (Å²) < 4.78 is 0. The van der Waals surface area contributed by atoms with Crippen molar-refractivity contribution in [1.82, 2.24) is 10.2 Å². The minimum Gasteiger partial charge on any atom is -0.323 e. The minimum absolute atomic E-state index is 0.0525. The number of amides is 1. The van der Waals surface area contributed by atoms with Crippen molar-refractivity contribution in [3.8, 4) is 0 Å². The maximum atomic E-state index is 12.2. The van der Waals surface area contributed by atoms with Crippen LogP contribution in [-0.2, 0) is 4.79 Å². The van der Waals surface area contributed by atoms with Crippen LogP contribution in [0.5, 0.6) is 0 Å². The maximum Gasteiger partial charge on any atom is 0.241 e. The number of carbonyl (C=O) groups excluding carboxylic acids is 1. The molecule has 1 saturated heterocycles. The molecule has 0 aromatic carbocycles. The Morgan fingerprint density at radius 3 is 2.81 bits per heavy atom. The van der Waals surface area contributed by atoms with E-state index in [2.05, 4.69) is 32.3 Å². The van der Waals surface area contributed by atoms with Crippen LogP contribution in [0.3, 0.4) is 0 Å². The molecular formula is C12H24N2OS. The summed E-state index contributed by atoms with van der Waals surface area (Å²) in [7, 11) is 0. The summed E-state index contributed by atoms with van der Waals surface area (Å²) >= 11 is 1.84. The van der Waals surface area contributed by atoms with Gasteiger partial charge in [-0.2, -0.15) is 11.8 Å². The van der Waals surface area contributed by atoms with Crippen LogP contribution in [0.4, 0.5) is 0 Å². The molecule has 0 radical (unpaired) electrons. The van der Waals surface area contributed by atoms with Crippen LogP contribution < -0.4 is 5.32 Å². The number of thioether (sulfide) groups is 1. The lowest BCUT2D eigenvalue weighted by Crippen LogP contribution is -2.41. The first-order valence-corrected chi connectivity index (χ1v) is 7.58. The van der Waals surface area contributed by atoms with Crippen molar-refractivity contribution < 1.29 is 4.79 Å². The fourth-order valence-electron chi connectivity index (χ4n) is 2.34. The number of nitrogens with one attached hydrogen (secondary N) is 1. The first kappa shape index (κ1) is 13.8. The topological polar surface area (TPSA) is 32.3 Å². The van der Waals surface area contributed by atoms with Crippen LogP contribution in [-0.4, -0.2) is 41.1 Å². The van der Waals surface area contributed by atoms with E-state index >= 15 is 0 Å². The molecule has 3 unspecified atom stereocenters. The smallest absolute Gasteiger partial charge is 0.241 e. The molecule has 0 saturated carbocycles. The van der Waals surface area contributed by atoms with E-state index in [9.17, 15) is 4.79 Å². The standard InChI is InChI=1S/C12H24N2OS/c1-5-6-11-12(15)14(10(3)13-11)9(2)7-8-16-4/h9-11,13H,5-8H2,1-4H3. The SMILES string of the molecule is CCCC1NC(C)N(C(C)CCSC)C1=O. The van der Waals surface area contributed by atoms with Gasteiger partial charge >= 0.3 is 0 Å². The zero-order valence-corrected chi connectivity index (χ0v) is 11.6. The molecule has 94 valence electrons. The number of carbonyl (C=O) groups is 1. The number of rotatable bonds is 6. The second-order valence-corrected chi connectivity index (χ2v) is 5.55. The highest BCUT2D eigenvalue weighted by atomic mass is 32.2. The van der Waals surface area contributed by atoms with Gasteiger partial charge in [-0.25, -0.2) is 0 Å². The molecule has 1 rings (SSSR count). The Morgan fingerprint density at radius 1 is 1.56 bits per heavy atom. The van der Waals surface area contributed by atoms with Gasteiger partial charge in [0.2, 0.25) is 5.91 Å². The van der Waals surface area contributed by atoms with Crippen LogP contribution in [0, 0.1) is 0 Å². The molecule has 0 spiro atoms. The summed E-state index contributed by atoms with van der Waals surface area (Å²) in [5.74, 6) is 1.42. The van der Waals surface area contributed by atoms with Crippen molar-refractivity contribution in [2.45, 2.75) is 58.3 Å². The van der Waals surface area contributed by atoms with Gasteiger partial charge in [0.05, 0.1) is 12.2 Å². The van der Waals surface area contributed by atoms with E-state index < -0.39 is 0 Å². The number of hydrogen-bond acceptors (Lipinski definition) is 3. The van der Waals surface area contributed by atoms with Crippen LogP contribution in [0.1, 0.15) is 40.0 Å². The first-order valence-electron chi connectivity index (χ1n) is 6.19. The van der Waals surface area contributed by atoms with E-state index in [-0.39, 0.29) is 12.2 Å². The van der Waals surface area contributed by atoms with Crippen molar-refractivity contribution in [3.05, 3.63) is 0 Å². The Morgan fingerprint density at radius 2 is 2.25 bits per heavy atom. The number of hydrogen-bond donors (Lipinski definition) is 1. The summed E-state index contributed by atoms with van der Waals surface area (Å²) in [6, 6.07) is 0.404. The molecule has 0 bridgehead atoms. The van der Waals surface area contributed by atoms with Crippen molar-refractivity contribution in [2.75, 3.05) is 12.0 Å². The molecule has 1 aliphatic heterocycles. The van der Waals surface area contributed by atoms with Gasteiger partial charge in [0.1, 0.15) is 0 Å². The Labute approximate surface area is 103 Å². The Bertz CT molecular complexity index is 235. The Balaban J connectivity index is 2.55. The fraction of sp³-hybridized carbons (Fsp3) is 0.917. The van der Waals surface area contributed by atoms with E-state index in [4.69, 9.17) is 0 Å². The van der Waals surface area contributed by atoms with E-state index in [1.807, 2.05) is 16.7 Å². The zero-order chi connectivity index (χ0) is 12.1. The predicted octanol–water partition coefficient (Wildman–Crippen LogP) is 2.07. The minimum atomic E-state index is 0.0525. The van der Waals surface area contributed by atoms with Crippen LogP contribution in [0.15, 0.2) is 0 Å². The van der Waals surface area contributed by atoms with Crippen LogP contribution >= 0.6 is 11.8 Å². The van der Waals surface area contributed by atoms with E-state index in [1.54, 1.807) is 0 Å². The molecule has 1 amide bonds. The molecule has 0 aromatic heterocycles. The summed E-state index contributed by atoms with van der Waals surface area (Å²) in [4.78, 5) is 14.2. The van der Waals surface area contributed by atoms with Gasteiger partial charge in [-0.15, -0.1) is 0 Å². The van der Waals surface area contributed by atoms with Crippen LogP contribution in [0.2, 0.25) is 0 Å². The highest BCUT2D eigenvalue weighted by molar-refractivity contribution is 7.98. The van der Waals surface area contributed by atoms with Crippen molar-refractivity contribution >= 4 is 17.7 Å². The number of nitrogens with zero attached hydrogens (tertiary/aromatic N) is 1. The van der Waals surface area contributed by atoms with Crippen LogP contribution in [0.25, 0.3) is 0 Å². The zero-order valence-electron chi connectivity index (χ0n) is 10.8. The van der Waals surface area contributed by atoms with Gasteiger partial charge in [-0.3, -0.25) is 10.1 Å². The van der Waals surface area contributed by atoms with Crippen molar-refractivity contribution in [1.29, 1.82) is 0 Å². The van der Waals surface area contributed by atoms with Gasteiger partial charge in [0, 0.05) is 6.04 Å². The highest BCUT2D eigenvalue weighted by Gasteiger charge is 2.37. The van der Waals surface area contributed by atoms with E-state index in [1.165, 1.54) is 0 Å². The molecule has 0 aromatic rings. The second-order valence-electron chi connectivity index (χ2n) is 4.56. The third kappa shape index (κ3) is 3.14. The fourth-order valence-corrected chi connectivity index (χ4v) is 2.91. The summed E-state index contributed by atoms with van der Waals surface area (Å²) in [5.41, 5.74) is 0. The first-order chi connectivity index (χ1) is 7.61. The molecule has 3 atom stereocenters. The monoisotopic (exact) mass is 244 g/mol. The van der Waals surface area contributed by atoms with Gasteiger partial charge in [0.15, 0.2) is 0 Å². The lowest BCUT2D eigenvalue weighted by atomic mass is 10.1. The largest absolute Gasteiger partial charge is 0.323 e. The molecule has 4 heteroatoms. The molecule has 16 heavy (non-hydrogen) atoms. The summed E-state index contributed by atoms with van der Waals surface area (Å²) in [6.07, 6.45) is 5.40. The Hall–Kier alpha value is -0.220. The molecular weight excluding hydrogens is 220 g/mol. The second kappa shape index (κ2) is 6.50. The molecule has 1 fully saturated rings. The molecule has 1 heterocycles. The van der Waals surface area contributed by atoms with Gasteiger partial charge in [0.25, 0.3) is 0 Å². The summed E-state index contributed by atoms with van der Waals surface area (Å²) in [6.45, 7) is 6.36. The van der Waals surface area contributed by atoms with Crippen molar-refractivity contribution in [2.24, 2.45) is 0 Å². The normalized spacial score (nSPS) is 27.5. The lowest BCUT2D eigenvalue weighted by molar-refractivity contribution is -0.131. The van der Waals surface area contributed by atoms with Crippen molar-refractivity contribution in [3.63, 3.8) is 0 Å². The average molecular weight is 244 g/mol. The maximum absolute atomic E-state index is 12.2. The van der Waals surface area contributed by atoms with E-state index in [0.717, 1.165) is 25.0 Å². The van der Waals surface area contributed by atoms with Gasteiger partial charge in [-0.05, 0) is 38.7 Å². The quantitative estimate of drug-likeness (QED) is 0.776. The lowest BCUT2D eigenvalue weighted by Gasteiger charge is -2.28. The third-order valence-electron chi connectivity index (χ3n) is 3.20. The predicted molar refractivity (Wildman–Crippen MR) is 70.6 cm³/mol. The molecule has 3 nitrogen and oxygen atoms in total. The highest BCUT2D eigenvalue weighted by Crippen LogP contribution is 2.19. The molecule has 1 aliphatic rings. The summed E-state index contributed by atoms with van der Waals surface area (Å²) in [5, 5.41) is 3.38. The molecule has 1 N–H and O–H groups in total. The van der Waals surface area contributed by atoms with Gasteiger partial charge < -0.3 is 4.90 Å². The third-order valence-corrected chi connectivity index (χ3v) is 3.85.